The molecule has 1 aromatic heterocycles. The number of pyridine rings is 1. The van der Waals surface area contributed by atoms with Gasteiger partial charge in [-0.2, -0.15) is 0 Å². The topological polar surface area (TPSA) is 83.6 Å². The second-order valence-corrected chi connectivity index (χ2v) is 7.59. The Bertz CT molecular complexity index is 1120. The monoisotopic (exact) mass is 402 g/mol. The standard InChI is InChI=1S/C23H22N4O3/c28-21(14-27-9-11-30-12-10-27)24-16-6-8-18-15(13-16)5-7-20(25-18)22-17-3-1-2-4-19(17)26-23(22)29/h1-8,13,22H,9-12,14H2,(H,24,28)(H,26,29). The maximum Gasteiger partial charge on any atom is 0.238 e. The number of amides is 2. The van der Waals surface area contributed by atoms with Crippen molar-refractivity contribution < 1.29 is 14.3 Å². The molecular formula is C23H22N4O3. The molecule has 2 aromatic carbocycles. The first kappa shape index (κ1) is 18.7. The molecule has 0 spiro atoms. The van der Waals surface area contributed by atoms with Crippen molar-refractivity contribution in [3.8, 4) is 0 Å². The predicted molar refractivity (Wildman–Crippen MR) is 115 cm³/mol. The number of hydrogen-bond acceptors (Lipinski definition) is 5. The van der Waals surface area contributed by atoms with Crippen LogP contribution in [0.2, 0.25) is 0 Å². The van der Waals surface area contributed by atoms with Gasteiger partial charge in [0.05, 0.1) is 31.0 Å². The van der Waals surface area contributed by atoms with E-state index >= 15 is 0 Å². The molecule has 2 aliphatic heterocycles. The number of carbonyl (C=O) groups is 2. The number of anilines is 2. The minimum Gasteiger partial charge on any atom is -0.379 e. The molecule has 2 N–H and O–H groups in total. The molecule has 0 saturated carbocycles. The summed E-state index contributed by atoms with van der Waals surface area (Å²) in [6, 6.07) is 17.2. The Kier molecular flexibility index (Phi) is 4.90. The van der Waals surface area contributed by atoms with Crippen LogP contribution in [0.5, 0.6) is 0 Å². The van der Waals surface area contributed by atoms with Gasteiger partial charge >= 0.3 is 0 Å². The molecule has 7 nitrogen and oxygen atoms in total. The molecule has 30 heavy (non-hydrogen) atoms. The summed E-state index contributed by atoms with van der Waals surface area (Å²) in [6.07, 6.45) is 0. The zero-order chi connectivity index (χ0) is 20.5. The normalized spacial score (nSPS) is 18.8. The minimum absolute atomic E-state index is 0.0416. The lowest BCUT2D eigenvalue weighted by Crippen LogP contribution is -2.41. The smallest absolute Gasteiger partial charge is 0.238 e. The number of benzene rings is 2. The first-order valence-corrected chi connectivity index (χ1v) is 10.1. The fraction of sp³-hybridized carbons (Fsp3) is 0.261. The van der Waals surface area contributed by atoms with Crippen LogP contribution in [0.15, 0.2) is 54.6 Å². The van der Waals surface area contributed by atoms with Gasteiger partial charge in [0.25, 0.3) is 0 Å². The predicted octanol–water partition coefficient (Wildman–Crippen LogP) is 2.59. The van der Waals surface area contributed by atoms with Crippen LogP contribution in [0.3, 0.4) is 0 Å². The summed E-state index contributed by atoms with van der Waals surface area (Å²) >= 11 is 0. The molecule has 0 bridgehead atoms. The highest BCUT2D eigenvalue weighted by molar-refractivity contribution is 6.05. The van der Waals surface area contributed by atoms with Crippen molar-refractivity contribution in [3.63, 3.8) is 0 Å². The van der Waals surface area contributed by atoms with E-state index in [-0.39, 0.29) is 11.8 Å². The third-order valence-corrected chi connectivity index (χ3v) is 5.55. The Morgan fingerprint density at radius 3 is 2.83 bits per heavy atom. The summed E-state index contributed by atoms with van der Waals surface area (Å²) in [6.45, 7) is 3.24. The zero-order valence-corrected chi connectivity index (χ0v) is 16.4. The quantitative estimate of drug-likeness (QED) is 0.701. The molecule has 1 saturated heterocycles. The second kappa shape index (κ2) is 7.85. The van der Waals surface area contributed by atoms with Gasteiger partial charge < -0.3 is 15.4 Å². The van der Waals surface area contributed by atoms with Crippen LogP contribution in [0, 0.1) is 0 Å². The van der Waals surface area contributed by atoms with Crippen molar-refractivity contribution in [1.29, 1.82) is 0 Å². The van der Waals surface area contributed by atoms with Crippen molar-refractivity contribution >= 4 is 34.1 Å². The van der Waals surface area contributed by atoms with Crippen molar-refractivity contribution in [3.05, 3.63) is 65.9 Å². The molecule has 2 amide bonds. The first-order chi connectivity index (χ1) is 14.7. The molecule has 0 radical (unpaired) electrons. The second-order valence-electron chi connectivity index (χ2n) is 7.59. The molecule has 3 aromatic rings. The fourth-order valence-corrected chi connectivity index (χ4v) is 4.05. The van der Waals surface area contributed by atoms with Crippen LogP contribution >= 0.6 is 0 Å². The highest BCUT2D eigenvalue weighted by Crippen LogP contribution is 2.36. The van der Waals surface area contributed by atoms with E-state index in [9.17, 15) is 9.59 Å². The number of ether oxygens (including phenoxy) is 1. The highest BCUT2D eigenvalue weighted by Gasteiger charge is 2.32. The Balaban J connectivity index is 1.34. The van der Waals surface area contributed by atoms with Crippen LogP contribution < -0.4 is 10.6 Å². The Hall–Kier alpha value is -3.29. The lowest BCUT2D eigenvalue weighted by Gasteiger charge is -2.25. The van der Waals surface area contributed by atoms with Gasteiger partial charge in [-0.15, -0.1) is 0 Å². The van der Waals surface area contributed by atoms with E-state index in [0.717, 1.165) is 40.9 Å². The summed E-state index contributed by atoms with van der Waals surface area (Å²) in [5, 5.41) is 6.79. The fourth-order valence-electron chi connectivity index (χ4n) is 4.05. The van der Waals surface area contributed by atoms with Gasteiger partial charge in [0.1, 0.15) is 5.92 Å². The summed E-state index contributed by atoms with van der Waals surface area (Å²) in [4.78, 5) is 31.6. The lowest BCUT2D eigenvalue weighted by molar-refractivity contribution is -0.118. The third kappa shape index (κ3) is 3.65. The van der Waals surface area contributed by atoms with Gasteiger partial charge in [-0.1, -0.05) is 24.3 Å². The van der Waals surface area contributed by atoms with Crippen LogP contribution in [0.25, 0.3) is 10.9 Å². The number of fused-ring (bicyclic) bond motifs is 2. The number of aromatic nitrogens is 1. The third-order valence-electron chi connectivity index (χ3n) is 5.55. The summed E-state index contributed by atoms with van der Waals surface area (Å²) < 4.78 is 5.32. The number of nitrogens with zero attached hydrogens (tertiary/aromatic N) is 2. The number of nitrogens with one attached hydrogen (secondary N) is 2. The van der Waals surface area contributed by atoms with E-state index in [1.807, 2.05) is 54.6 Å². The molecule has 0 aliphatic carbocycles. The van der Waals surface area contributed by atoms with Crippen molar-refractivity contribution in [2.24, 2.45) is 0 Å². The van der Waals surface area contributed by atoms with Gasteiger partial charge in [0.15, 0.2) is 0 Å². The Labute approximate surface area is 174 Å². The van der Waals surface area contributed by atoms with E-state index in [1.165, 1.54) is 0 Å². The molecule has 7 heteroatoms. The number of para-hydroxylation sites is 1. The zero-order valence-electron chi connectivity index (χ0n) is 16.4. The number of carbonyl (C=O) groups excluding carboxylic acids is 2. The van der Waals surface area contributed by atoms with E-state index in [0.29, 0.717) is 25.5 Å². The molecule has 5 rings (SSSR count). The maximum absolute atomic E-state index is 12.5. The van der Waals surface area contributed by atoms with Gasteiger partial charge in [0, 0.05) is 29.9 Å². The lowest BCUT2D eigenvalue weighted by atomic mass is 9.96. The van der Waals surface area contributed by atoms with E-state index in [2.05, 4.69) is 15.5 Å². The van der Waals surface area contributed by atoms with Crippen LogP contribution in [0.1, 0.15) is 17.2 Å². The Morgan fingerprint density at radius 2 is 1.97 bits per heavy atom. The van der Waals surface area contributed by atoms with E-state index < -0.39 is 5.92 Å². The highest BCUT2D eigenvalue weighted by atomic mass is 16.5. The van der Waals surface area contributed by atoms with Crippen LogP contribution in [-0.4, -0.2) is 54.5 Å². The van der Waals surface area contributed by atoms with Crippen molar-refractivity contribution in [1.82, 2.24) is 9.88 Å². The average Bonchev–Trinajstić information content (AvgIpc) is 3.09. The van der Waals surface area contributed by atoms with Gasteiger partial charge in [0.2, 0.25) is 11.8 Å². The van der Waals surface area contributed by atoms with E-state index in [1.54, 1.807) is 0 Å². The number of morpholine rings is 1. The van der Waals surface area contributed by atoms with Crippen LogP contribution in [0.4, 0.5) is 11.4 Å². The largest absolute Gasteiger partial charge is 0.379 e. The minimum atomic E-state index is -0.404. The molecule has 152 valence electrons. The van der Waals surface area contributed by atoms with Gasteiger partial charge in [-0.3, -0.25) is 19.5 Å². The molecule has 2 aliphatic rings. The molecule has 1 unspecified atom stereocenters. The Morgan fingerprint density at radius 1 is 1.13 bits per heavy atom. The summed E-state index contributed by atoms with van der Waals surface area (Å²) in [5.41, 5.74) is 4.03. The van der Waals surface area contributed by atoms with E-state index in [4.69, 9.17) is 9.72 Å². The van der Waals surface area contributed by atoms with Gasteiger partial charge in [-0.25, -0.2) is 0 Å². The number of rotatable bonds is 4. The van der Waals surface area contributed by atoms with Crippen molar-refractivity contribution in [2.75, 3.05) is 43.5 Å². The van der Waals surface area contributed by atoms with Crippen LogP contribution in [-0.2, 0) is 14.3 Å². The molecule has 1 atom stereocenters. The first-order valence-electron chi connectivity index (χ1n) is 10.1. The van der Waals surface area contributed by atoms with Gasteiger partial charge in [-0.05, 0) is 35.9 Å². The summed E-state index contributed by atoms with van der Waals surface area (Å²) in [7, 11) is 0. The summed E-state index contributed by atoms with van der Waals surface area (Å²) in [5.74, 6) is -0.506. The SMILES string of the molecule is O=C(CN1CCOCC1)Nc1ccc2nc(C3C(=O)Nc4ccccc43)ccc2c1. The number of hydrogen-bond donors (Lipinski definition) is 2. The molecule has 3 heterocycles. The molecule has 1 fully saturated rings. The van der Waals surface area contributed by atoms with Crippen molar-refractivity contribution in [2.45, 2.75) is 5.92 Å². The maximum atomic E-state index is 12.5. The molecular weight excluding hydrogens is 380 g/mol. The average molecular weight is 402 g/mol.